The number of aromatic nitrogens is 1. The second-order valence-electron chi connectivity index (χ2n) is 15.3. The molecule has 2 heteroatoms. The molecule has 0 saturated heterocycles. The molecule has 0 fully saturated rings. The zero-order valence-electron chi connectivity index (χ0n) is 32.6. The van der Waals surface area contributed by atoms with Gasteiger partial charge in [-0.05, 0) is 115 Å². The minimum atomic E-state index is 0.728. The highest BCUT2D eigenvalue weighted by Crippen LogP contribution is 2.45. The molecule has 0 bridgehead atoms. The molecular formula is C57H40N2. The van der Waals surface area contributed by atoms with E-state index in [9.17, 15) is 0 Å². The van der Waals surface area contributed by atoms with Crippen molar-refractivity contribution in [2.45, 2.75) is 0 Å². The van der Waals surface area contributed by atoms with Crippen LogP contribution in [-0.2, 0) is 0 Å². The van der Waals surface area contributed by atoms with E-state index in [-0.39, 0.29) is 0 Å². The van der Waals surface area contributed by atoms with Gasteiger partial charge >= 0.3 is 0 Å². The lowest BCUT2D eigenvalue weighted by atomic mass is 9.86. The van der Waals surface area contributed by atoms with Crippen LogP contribution in [0.15, 0.2) is 225 Å². The molecule has 2 nitrogen and oxygen atoms in total. The predicted molar refractivity (Wildman–Crippen MR) is 253 cm³/mol. The third-order valence-corrected chi connectivity index (χ3v) is 11.9. The molecule has 0 saturated carbocycles. The molecule has 0 N–H and O–H groups in total. The largest absolute Gasteiger partial charge is 0.337 e. The predicted octanol–water partition coefficient (Wildman–Crippen LogP) is 15.4. The number of nitrogens with zero attached hydrogens (tertiary/aromatic N) is 2. The summed E-state index contributed by atoms with van der Waals surface area (Å²) in [6.45, 7) is 5.31. The van der Waals surface area contributed by atoms with Gasteiger partial charge in [0.05, 0.1) is 11.0 Å². The summed E-state index contributed by atoms with van der Waals surface area (Å²) < 4.78 is 2.37. The van der Waals surface area contributed by atoms with Crippen molar-refractivity contribution in [2.75, 3.05) is 11.4 Å². The zero-order chi connectivity index (χ0) is 39.3. The van der Waals surface area contributed by atoms with Gasteiger partial charge in [-0.15, -0.1) is 0 Å². The van der Waals surface area contributed by atoms with Crippen LogP contribution in [0.5, 0.6) is 0 Å². The maximum Gasteiger partial charge on any atom is 0.0541 e. The summed E-state index contributed by atoms with van der Waals surface area (Å²) in [5.41, 5.74) is 15.3. The van der Waals surface area contributed by atoms with E-state index in [4.69, 9.17) is 0 Å². The van der Waals surface area contributed by atoms with Gasteiger partial charge in [0.25, 0.3) is 0 Å². The first kappa shape index (κ1) is 34.6. The highest BCUT2D eigenvalue weighted by molar-refractivity contribution is 6.21. The molecule has 11 rings (SSSR count). The number of benzene rings is 9. The van der Waals surface area contributed by atoms with Crippen LogP contribution in [-0.4, -0.2) is 11.1 Å². The molecule has 1 aliphatic rings. The summed E-state index contributed by atoms with van der Waals surface area (Å²) in [6.07, 6.45) is 8.58. The molecule has 59 heavy (non-hydrogen) atoms. The molecular weight excluding hydrogens is 713 g/mol. The summed E-state index contributed by atoms with van der Waals surface area (Å²) in [4.78, 5) is 2.41. The van der Waals surface area contributed by atoms with E-state index >= 15 is 0 Å². The summed E-state index contributed by atoms with van der Waals surface area (Å²) in [5, 5.41) is 7.53. The quantitative estimate of drug-likeness (QED) is 0.159. The molecule has 10 aromatic rings. The summed E-state index contributed by atoms with van der Waals surface area (Å²) in [6, 6.07) is 70.7. The van der Waals surface area contributed by atoms with Gasteiger partial charge in [0.1, 0.15) is 0 Å². The standard InChI is InChI=1S/C57H40N2/c1-39-17-5-4-16-36-58(44-32-28-41(29-33-44)57-49-25-12-10-23-47(49)56(40-18-6-2-7-19-40)48-24-11-13-26-50(48)57)53-34-30-42(37-51(39)53)43-31-35-55-52(38-43)46-22-14-15-27-54(46)59(55)45-20-8-3-9-21-45/h2-35,37-38H,1,36H2/b16-4-,17-5-. The zero-order valence-corrected chi connectivity index (χ0v) is 32.6. The SMILES string of the molecule is C=C1/C=C\C=C/CN(c2ccc(-c3c4ccccc4c(-c4ccccc4)c4ccccc34)cc2)c2ccc(-c3ccc4c(c3)c3ccccc3n4-c3ccccc3)cc21. The molecule has 0 atom stereocenters. The average molecular weight is 753 g/mol. The summed E-state index contributed by atoms with van der Waals surface area (Å²) in [5.74, 6) is 0. The third kappa shape index (κ3) is 5.88. The summed E-state index contributed by atoms with van der Waals surface area (Å²) >= 11 is 0. The van der Waals surface area contributed by atoms with Crippen molar-refractivity contribution in [3.8, 4) is 39.1 Å². The van der Waals surface area contributed by atoms with Crippen molar-refractivity contribution in [1.82, 2.24) is 4.57 Å². The van der Waals surface area contributed by atoms with Crippen molar-refractivity contribution in [2.24, 2.45) is 0 Å². The third-order valence-electron chi connectivity index (χ3n) is 11.9. The number of anilines is 2. The Morgan fingerprint density at radius 1 is 0.390 bits per heavy atom. The van der Waals surface area contributed by atoms with Gasteiger partial charge in [-0.2, -0.15) is 0 Å². The Kier molecular flexibility index (Phi) is 8.41. The van der Waals surface area contributed by atoms with Crippen LogP contribution in [0.3, 0.4) is 0 Å². The van der Waals surface area contributed by atoms with Crippen molar-refractivity contribution in [3.63, 3.8) is 0 Å². The molecule has 0 aliphatic carbocycles. The molecule has 0 radical (unpaired) electrons. The normalized spacial score (nSPS) is 14.0. The average Bonchev–Trinajstić information content (AvgIpc) is 3.66. The molecule has 0 spiro atoms. The molecule has 278 valence electrons. The minimum absolute atomic E-state index is 0.728. The van der Waals surface area contributed by atoms with Crippen molar-refractivity contribution in [3.05, 3.63) is 231 Å². The Hall–Kier alpha value is -7.68. The molecule has 0 unspecified atom stereocenters. The second-order valence-corrected chi connectivity index (χ2v) is 15.3. The highest BCUT2D eigenvalue weighted by Gasteiger charge is 2.20. The van der Waals surface area contributed by atoms with E-state index in [1.807, 2.05) is 0 Å². The Bertz CT molecular complexity index is 3240. The molecule has 2 heterocycles. The monoisotopic (exact) mass is 752 g/mol. The van der Waals surface area contributed by atoms with E-state index < -0.39 is 0 Å². The van der Waals surface area contributed by atoms with E-state index in [2.05, 4.69) is 234 Å². The van der Waals surface area contributed by atoms with Crippen LogP contribution >= 0.6 is 0 Å². The van der Waals surface area contributed by atoms with Gasteiger partial charge in [-0.25, -0.2) is 0 Å². The molecule has 9 aromatic carbocycles. The Balaban J connectivity index is 1.01. The fourth-order valence-electron chi connectivity index (χ4n) is 9.23. The van der Waals surface area contributed by atoms with Crippen LogP contribution < -0.4 is 4.90 Å². The maximum atomic E-state index is 4.58. The topological polar surface area (TPSA) is 8.17 Å². The van der Waals surface area contributed by atoms with E-state index in [0.717, 1.165) is 40.3 Å². The van der Waals surface area contributed by atoms with Crippen LogP contribution in [0.1, 0.15) is 5.56 Å². The number of hydrogen-bond donors (Lipinski definition) is 0. The first-order valence-electron chi connectivity index (χ1n) is 20.3. The maximum absolute atomic E-state index is 4.58. The van der Waals surface area contributed by atoms with Gasteiger partial charge in [-0.1, -0.05) is 170 Å². The lowest BCUT2D eigenvalue weighted by Crippen LogP contribution is -2.18. The lowest BCUT2D eigenvalue weighted by Gasteiger charge is -2.27. The van der Waals surface area contributed by atoms with Crippen LogP contribution in [0.25, 0.3) is 88.0 Å². The van der Waals surface area contributed by atoms with Crippen molar-refractivity contribution >= 4 is 60.3 Å². The van der Waals surface area contributed by atoms with Crippen molar-refractivity contribution in [1.29, 1.82) is 0 Å². The Labute approximate surface area is 344 Å². The fraction of sp³-hybridized carbons (Fsp3) is 0.0175. The summed E-state index contributed by atoms with van der Waals surface area (Å²) in [7, 11) is 0. The number of hydrogen-bond acceptors (Lipinski definition) is 1. The smallest absolute Gasteiger partial charge is 0.0541 e. The number of fused-ring (bicyclic) bond motifs is 6. The van der Waals surface area contributed by atoms with Gasteiger partial charge < -0.3 is 9.47 Å². The molecule has 0 amide bonds. The first-order chi connectivity index (χ1) is 29.2. The molecule has 1 aliphatic heterocycles. The Morgan fingerprint density at radius 3 is 1.59 bits per heavy atom. The van der Waals surface area contributed by atoms with Crippen LogP contribution in [0.2, 0.25) is 0 Å². The first-order valence-corrected chi connectivity index (χ1v) is 20.3. The van der Waals surface area contributed by atoms with E-state index in [0.29, 0.717) is 0 Å². The van der Waals surface area contributed by atoms with Crippen LogP contribution in [0.4, 0.5) is 11.4 Å². The minimum Gasteiger partial charge on any atom is -0.337 e. The van der Waals surface area contributed by atoms with E-state index in [1.165, 1.54) is 71.2 Å². The highest BCUT2D eigenvalue weighted by atomic mass is 15.1. The van der Waals surface area contributed by atoms with Crippen molar-refractivity contribution < 1.29 is 0 Å². The van der Waals surface area contributed by atoms with Gasteiger partial charge in [0.15, 0.2) is 0 Å². The second kappa shape index (κ2) is 14.4. The van der Waals surface area contributed by atoms with E-state index in [1.54, 1.807) is 0 Å². The van der Waals surface area contributed by atoms with Gasteiger partial charge in [0, 0.05) is 39.9 Å². The van der Waals surface area contributed by atoms with Gasteiger partial charge in [-0.3, -0.25) is 0 Å². The number of para-hydroxylation sites is 2. The lowest BCUT2D eigenvalue weighted by molar-refractivity contribution is 1.09. The Morgan fingerprint density at radius 2 is 0.915 bits per heavy atom. The van der Waals surface area contributed by atoms with Gasteiger partial charge in [0.2, 0.25) is 0 Å². The number of allylic oxidation sites excluding steroid dienone is 4. The number of rotatable bonds is 5. The molecule has 1 aromatic heterocycles. The fourth-order valence-corrected chi connectivity index (χ4v) is 9.23. The van der Waals surface area contributed by atoms with Crippen LogP contribution in [0, 0.1) is 0 Å².